The molecule has 134 valence electrons. The molecule has 0 heterocycles. The zero-order valence-electron chi connectivity index (χ0n) is 15.3. The summed E-state index contributed by atoms with van der Waals surface area (Å²) in [5.74, 6) is -0.0970. The molecule has 1 aliphatic carbocycles. The van der Waals surface area contributed by atoms with Gasteiger partial charge in [-0.1, -0.05) is 19.3 Å². The highest BCUT2D eigenvalue weighted by atomic mass is 32.2. The smallest absolute Gasteiger partial charge is 0.253 e. The maximum atomic E-state index is 12.9. The molecule has 6 heteroatoms. The van der Waals surface area contributed by atoms with Crippen molar-refractivity contribution in [3.05, 3.63) is 28.8 Å². The van der Waals surface area contributed by atoms with Gasteiger partial charge in [0.15, 0.2) is 0 Å². The highest BCUT2D eigenvalue weighted by molar-refractivity contribution is 7.89. The molecule has 0 atom stereocenters. The second-order valence-electron chi connectivity index (χ2n) is 6.91. The average Bonchev–Trinajstić information content (AvgIpc) is 2.56. The van der Waals surface area contributed by atoms with Crippen LogP contribution in [-0.2, 0) is 10.0 Å². The summed E-state index contributed by atoms with van der Waals surface area (Å²) in [5.41, 5.74) is 1.96. The Labute approximate surface area is 145 Å². The van der Waals surface area contributed by atoms with Crippen molar-refractivity contribution in [2.24, 2.45) is 0 Å². The summed E-state index contributed by atoms with van der Waals surface area (Å²) in [6, 6.07) is 3.58. The first-order chi connectivity index (χ1) is 11.2. The number of amides is 1. The van der Waals surface area contributed by atoms with Gasteiger partial charge in [0.25, 0.3) is 5.91 Å². The van der Waals surface area contributed by atoms with Crippen molar-refractivity contribution in [2.75, 3.05) is 21.1 Å². The number of carbonyl (C=O) groups excluding carboxylic acids is 1. The molecule has 1 amide bonds. The molecule has 0 spiro atoms. The second-order valence-corrected chi connectivity index (χ2v) is 9.03. The van der Waals surface area contributed by atoms with E-state index in [4.69, 9.17) is 0 Å². The predicted molar refractivity (Wildman–Crippen MR) is 95.8 cm³/mol. The molecule has 1 saturated carbocycles. The van der Waals surface area contributed by atoms with Crippen molar-refractivity contribution in [2.45, 2.75) is 56.9 Å². The number of rotatable bonds is 4. The van der Waals surface area contributed by atoms with Gasteiger partial charge >= 0.3 is 0 Å². The zero-order chi connectivity index (χ0) is 18.1. The van der Waals surface area contributed by atoms with Crippen LogP contribution in [0.2, 0.25) is 0 Å². The first kappa shape index (κ1) is 18.9. The molecule has 0 aliphatic heterocycles. The molecule has 0 N–H and O–H groups in total. The standard InChI is InChI=1S/C18H28N2O3S/c1-13-11-15(12-17(14(13)2)24(22,23)19(3)4)18(21)20(5)16-9-7-6-8-10-16/h11-12,16H,6-10H2,1-5H3. The van der Waals surface area contributed by atoms with E-state index in [1.165, 1.54) is 30.9 Å². The molecular weight excluding hydrogens is 324 g/mol. The van der Waals surface area contributed by atoms with Crippen LogP contribution in [0.1, 0.15) is 53.6 Å². The zero-order valence-corrected chi connectivity index (χ0v) is 16.1. The number of hydrogen-bond donors (Lipinski definition) is 0. The summed E-state index contributed by atoms with van der Waals surface area (Å²) in [6.07, 6.45) is 5.57. The summed E-state index contributed by atoms with van der Waals surface area (Å²) in [7, 11) is 1.27. The van der Waals surface area contributed by atoms with Crippen molar-refractivity contribution in [1.82, 2.24) is 9.21 Å². The molecule has 1 aromatic rings. The summed E-state index contributed by atoms with van der Waals surface area (Å²) in [5, 5.41) is 0. The Morgan fingerprint density at radius 3 is 2.17 bits per heavy atom. The van der Waals surface area contributed by atoms with Crippen LogP contribution in [0, 0.1) is 13.8 Å². The van der Waals surface area contributed by atoms with Crippen LogP contribution in [0.25, 0.3) is 0 Å². The van der Waals surface area contributed by atoms with Gasteiger partial charge in [-0.25, -0.2) is 12.7 Å². The molecule has 1 aliphatic rings. The van der Waals surface area contributed by atoms with Crippen LogP contribution in [0.3, 0.4) is 0 Å². The third-order valence-electron chi connectivity index (χ3n) is 5.07. The number of aryl methyl sites for hydroxylation is 1. The molecule has 0 unspecified atom stereocenters. The minimum absolute atomic E-state index is 0.0970. The molecule has 1 fully saturated rings. The Morgan fingerprint density at radius 2 is 1.62 bits per heavy atom. The lowest BCUT2D eigenvalue weighted by Gasteiger charge is -2.31. The predicted octanol–water partition coefficient (Wildman–Crippen LogP) is 2.96. The van der Waals surface area contributed by atoms with E-state index in [0.29, 0.717) is 11.1 Å². The fraction of sp³-hybridized carbons (Fsp3) is 0.611. The average molecular weight is 353 g/mol. The molecule has 2 rings (SSSR count). The largest absolute Gasteiger partial charge is 0.339 e. The highest BCUT2D eigenvalue weighted by Gasteiger charge is 2.26. The van der Waals surface area contributed by atoms with Crippen LogP contribution in [0.15, 0.2) is 17.0 Å². The van der Waals surface area contributed by atoms with Gasteiger partial charge < -0.3 is 4.90 Å². The lowest BCUT2D eigenvalue weighted by Crippen LogP contribution is -2.38. The summed E-state index contributed by atoms with van der Waals surface area (Å²) in [6.45, 7) is 3.63. The van der Waals surface area contributed by atoms with Crippen LogP contribution < -0.4 is 0 Å². The van der Waals surface area contributed by atoms with E-state index in [-0.39, 0.29) is 16.8 Å². The van der Waals surface area contributed by atoms with Crippen LogP contribution in [0.5, 0.6) is 0 Å². The number of sulfonamides is 1. The molecule has 0 saturated heterocycles. The number of nitrogens with zero attached hydrogens (tertiary/aromatic N) is 2. The molecule has 24 heavy (non-hydrogen) atoms. The van der Waals surface area contributed by atoms with Crippen LogP contribution in [-0.4, -0.2) is 50.7 Å². The van der Waals surface area contributed by atoms with Crippen LogP contribution >= 0.6 is 0 Å². The van der Waals surface area contributed by atoms with E-state index in [1.807, 2.05) is 14.0 Å². The number of hydrogen-bond acceptors (Lipinski definition) is 3. The molecule has 0 aromatic heterocycles. The molecule has 1 aromatic carbocycles. The topological polar surface area (TPSA) is 57.7 Å². The van der Waals surface area contributed by atoms with Crippen molar-refractivity contribution in [3.63, 3.8) is 0 Å². The summed E-state index contributed by atoms with van der Waals surface area (Å²) < 4.78 is 26.3. The van der Waals surface area contributed by atoms with Crippen molar-refractivity contribution < 1.29 is 13.2 Å². The highest BCUT2D eigenvalue weighted by Crippen LogP contribution is 2.26. The maximum Gasteiger partial charge on any atom is 0.253 e. The van der Waals surface area contributed by atoms with E-state index >= 15 is 0 Å². The van der Waals surface area contributed by atoms with Gasteiger partial charge in [0.1, 0.15) is 0 Å². The van der Waals surface area contributed by atoms with Gasteiger partial charge in [-0.3, -0.25) is 4.79 Å². The molecule has 0 bridgehead atoms. The Hall–Kier alpha value is -1.40. The first-order valence-corrected chi connectivity index (χ1v) is 9.91. The third-order valence-corrected chi connectivity index (χ3v) is 7.01. The monoisotopic (exact) mass is 352 g/mol. The van der Waals surface area contributed by atoms with Gasteiger partial charge in [-0.05, 0) is 49.9 Å². The Kier molecular flexibility index (Phi) is 5.71. The van der Waals surface area contributed by atoms with Crippen LogP contribution in [0.4, 0.5) is 0 Å². The van der Waals surface area contributed by atoms with Crippen molar-refractivity contribution >= 4 is 15.9 Å². The SMILES string of the molecule is Cc1cc(C(=O)N(C)C2CCCCC2)cc(S(=O)(=O)N(C)C)c1C. The van der Waals surface area contributed by atoms with Crippen molar-refractivity contribution in [3.8, 4) is 0 Å². The fourth-order valence-corrected chi connectivity index (χ4v) is 4.47. The Morgan fingerprint density at radius 1 is 1.04 bits per heavy atom. The first-order valence-electron chi connectivity index (χ1n) is 8.47. The van der Waals surface area contributed by atoms with Crippen molar-refractivity contribution in [1.29, 1.82) is 0 Å². The van der Waals surface area contributed by atoms with E-state index < -0.39 is 10.0 Å². The van der Waals surface area contributed by atoms with Gasteiger partial charge in [-0.2, -0.15) is 0 Å². The van der Waals surface area contributed by atoms with Gasteiger partial charge in [0.05, 0.1) is 4.90 Å². The minimum Gasteiger partial charge on any atom is -0.339 e. The summed E-state index contributed by atoms with van der Waals surface area (Å²) in [4.78, 5) is 14.9. The maximum absolute atomic E-state index is 12.9. The van der Waals surface area contributed by atoms with E-state index in [9.17, 15) is 13.2 Å². The molecule has 5 nitrogen and oxygen atoms in total. The number of benzene rings is 1. The van der Waals surface area contributed by atoms with Gasteiger partial charge in [-0.15, -0.1) is 0 Å². The van der Waals surface area contributed by atoms with E-state index in [1.54, 1.807) is 17.9 Å². The second kappa shape index (κ2) is 7.23. The molecular formula is C18H28N2O3S. The quantitative estimate of drug-likeness (QED) is 0.837. The lowest BCUT2D eigenvalue weighted by molar-refractivity contribution is 0.0696. The Bertz CT molecular complexity index is 720. The third kappa shape index (κ3) is 3.64. The lowest BCUT2D eigenvalue weighted by atomic mass is 9.94. The Balaban J connectivity index is 2.40. The van der Waals surface area contributed by atoms with E-state index in [0.717, 1.165) is 31.2 Å². The molecule has 0 radical (unpaired) electrons. The number of carbonyl (C=O) groups is 1. The van der Waals surface area contributed by atoms with E-state index in [2.05, 4.69) is 0 Å². The van der Waals surface area contributed by atoms with Gasteiger partial charge in [0, 0.05) is 32.7 Å². The minimum atomic E-state index is -3.57. The summed E-state index contributed by atoms with van der Waals surface area (Å²) >= 11 is 0. The normalized spacial score (nSPS) is 16.4. The fourth-order valence-electron chi connectivity index (χ4n) is 3.25. The van der Waals surface area contributed by atoms with Gasteiger partial charge in [0.2, 0.25) is 10.0 Å².